The summed E-state index contributed by atoms with van der Waals surface area (Å²) in [5, 5.41) is 7.69. The Morgan fingerprint density at radius 3 is 2.11 bits per heavy atom. The van der Waals surface area contributed by atoms with Crippen molar-refractivity contribution in [2.75, 3.05) is 0 Å². The third-order valence-corrected chi connectivity index (χ3v) is 9.29. The number of hydrogen-bond donors (Lipinski definition) is 0. The number of aromatic nitrogens is 3. The Hall–Kier alpha value is -6.39. The zero-order chi connectivity index (χ0) is 30.9. The van der Waals surface area contributed by atoms with Crippen molar-refractivity contribution in [2.24, 2.45) is 0 Å². The van der Waals surface area contributed by atoms with Gasteiger partial charge in [0.05, 0.1) is 27.9 Å². The number of nitrogens with zero attached hydrogens (tertiary/aromatic N) is 3. The summed E-state index contributed by atoms with van der Waals surface area (Å²) >= 11 is 0. The van der Waals surface area contributed by atoms with E-state index in [0.717, 1.165) is 99.1 Å². The van der Waals surface area contributed by atoms with Crippen LogP contribution in [0.2, 0.25) is 0 Å². The maximum atomic E-state index is 6.51. The van der Waals surface area contributed by atoms with E-state index in [9.17, 15) is 0 Å². The maximum Gasteiger partial charge on any atom is 0.144 e. The summed E-state index contributed by atoms with van der Waals surface area (Å²) in [4.78, 5) is 14.9. The summed E-state index contributed by atoms with van der Waals surface area (Å²) in [7, 11) is 0. The Labute approximate surface area is 269 Å². The van der Waals surface area contributed by atoms with Gasteiger partial charge in [-0.05, 0) is 47.5 Å². The van der Waals surface area contributed by atoms with Crippen molar-refractivity contribution in [1.29, 1.82) is 0 Å². The largest absolute Gasteiger partial charge is 0.455 e. The Balaban J connectivity index is 1.09. The minimum absolute atomic E-state index is 0.895. The van der Waals surface area contributed by atoms with Gasteiger partial charge in [-0.3, -0.25) is 4.98 Å². The molecule has 0 N–H and O–H groups in total. The quantitative estimate of drug-likeness (QED) is 0.190. The van der Waals surface area contributed by atoms with Crippen molar-refractivity contribution >= 4 is 65.4 Å². The van der Waals surface area contributed by atoms with Crippen LogP contribution in [0, 0.1) is 0 Å². The van der Waals surface area contributed by atoms with Crippen LogP contribution in [-0.2, 0) is 0 Å². The molecule has 0 aliphatic rings. The van der Waals surface area contributed by atoms with Gasteiger partial charge in [0.2, 0.25) is 0 Å². The highest BCUT2D eigenvalue weighted by Crippen LogP contribution is 2.41. The van der Waals surface area contributed by atoms with Crippen LogP contribution < -0.4 is 0 Å². The second-order valence-corrected chi connectivity index (χ2v) is 12.0. The van der Waals surface area contributed by atoms with Gasteiger partial charge in [0.25, 0.3) is 0 Å². The van der Waals surface area contributed by atoms with E-state index in [2.05, 4.69) is 126 Å². The molecule has 0 saturated carbocycles. The van der Waals surface area contributed by atoms with Gasteiger partial charge in [0.15, 0.2) is 0 Å². The number of benzene rings is 6. The van der Waals surface area contributed by atoms with Crippen LogP contribution >= 0.6 is 0 Å². The Bertz CT molecular complexity index is 2850. The predicted octanol–water partition coefficient (Wildman–Crippen LogP) is 11.4. The summed E-state index contributed by atoms with van der Waals surface area (Å²) < 4.78 is 6.51. The van der Waals surface area contributed by atoms with Crippen LogP contribution in [0.15, 0.2) is 156 Å². The van der Waals surface area contributed by atoms with Crippen LogP contribution in [0.1, 0.15) is 0 Å². The number of rotatable bonds is 3. The lowest BCUT2D eigenvalue weighted by molar-refractivity contribution is 0.673. The molecule has 4 aromatic heterocycles. The van der Waals surface area contributed by atoms with E-state index >= 15 is 0 Å². The molecule has 6 aromatic carbocycles. The van der Waals surface area contributed by atoms with Gasteiger partial charge in [-0.25, -0.2) is 9.97 Å². The Morgan fingerprint density at radius 2 is 1.19 bits per heavy atom. The SMILES string of the molecule is c1cc(-c2ccc(-c3ccc4ccc5cccnc5c4n3)cc2)cc(-c2nc3ccccc3c3c2ccc2c4ccccc4oc23)c1. The highest BCUT2D eigenvalue weighted by Gasteiger charge is 2.17. The molecule has 4 nitrogen and oxygen atoms in total. The van der Waals surface area contributed by atoms with Gasteiger partial charge in [-0.2, -0.15) is 0 Å². The second-order valence-electron chi connectivity index (χ2n) is 12.0. The average molecular weight is 600 g/mol. The smallest absolute Gasteiger partial charge is 0.144 e. The fourth-order valence-electron chi connectivity index (χ4n) is 7.00. The van der Waals surface area contributed by atoms with Crippen molar-refractivity contribution in [3.8, 4) is 33.6 Å². The lowest BCUT2D eigenvalue weighted by Gasteiger charge is -2.12. The summed E-state index contributed by atoms with van der Waals surface area (Å²) in [6, 6.07) is 50.7. The first-order valence-electron chi connectivity index (χ1n) is 15.8. The Kier molecular flexibility index (Phi) is 5.54. The van der Waals surface area contributed by atoms with Crippen LogP contribution in [-0.4, -0.2) is 15.0 Å². The molecular formula is C43H25N3O. The van der Waals surface area contributed by atoms with Gasteiger partial charge in [-0.1, -0.05) is 109 Å². The first-order valence-corrected chi connectivity index (χ1v) is 15.8. The molecule has 47 heavy (non-hydrogen) atoms. The van der Waals surface area contributed by atoms with Crippen LogP contribution in [0.4, 0.5) is 0 Å². The lowest BCUT2D eigenvalue weighted by atomic mass is 9.95. The number of para-hydroxylation sites is 2. The van der Waals surface area contributed by atoms with Gasteiger partial charge >= 0.3 is 0 Å². The van der Waals surface area contributed by atoms with Crippen molar-refractivity contribution in [3.05, 3.63) is 152 Å². The minimum Gasteiger partial charge on any atom is -0.455 e. The van der Waals surface area contributed by atoms with Crippen LogP contribution in [0.5, 0.6) is 0 Å². The first-order chi connectivity index (χ1) is 23.3. The molecular weight excluding hydrogens is 574 g/mol. The molecule has 0 atom stereocenters. The summed E-state index contributed by atoms with van der Waals surface area (Å²) in [6.45, 7) is 0. The molecule has 4 heterocycles. The molecule has 0 radical (unpaired) electrons. The van der Waals surface area contributed by atoms with E-state index in [0.29, 0.717) is 0 Å². The van der Waals surface area contributed by atoms with Gasteiger partial charge < -0.3 is 4.42 Å². The summed E-state index contributed by atoms with van der Waals surface area (Å²) in [6.07, 6.45) is 1.83. The van der Waals surface area contributed by atoms with E-state index in [4.69, 9.17) is 14.4 Å². The van der Waals surface area contributed by atoms with Gasteiger partial charge in [-0.15, -0.1) is 0 Å². The van der Waals surface area contributed by atoms with Crippen molar-refractivity contribution < 1.29 is 4.42 Å². The highest BCUT2D eigenvalue weighted by molar-refractivity contribution is 6.24. The lowest BCUT2D eigenvalue weighted by Crippen LogP contribution is -1.91. The van der Waals surface area contributed by atoms with Gasteiger partial charge in [0.1, 0.15) is 11.2 Å². The maximum absolute atomic E-state index is 6.51. The number of hydrogen-bond acceptors (Lipinski definition) is 4. The zero-order valence-corrected chi connectivity index (χ0v) is 25.2. The molecule has 0 aliphatic carbocycles. The summed E-state index contributed by atoms with van der Waals surface area (Å²) in [5.41, 5.74) is 10.9. The highest BCUT2D eigenvalue weighted by atomic mass is 16.3. The molecule has 0 bridgehead atoms. The molecule has 4 heteroatoms. The molecule has 218 valence electrons. The molecule has 10 rings (SSSR count). The molecule has 0 aliphatic heterocycles. The topological polar surface area (TPSA) is 51.8 Å². The van der Waals surface area contributed by atoms with E-state index in [-0.39, 0.29) is 0 Å². The zero-order valence-electron chi connectivity index (χ0n) is 25.2. The predicted molar refractivity (Wildman–Crippen MR) is 193 cm³/mol. The molecule has 0 amide bonds. The third kappa shape index (κ3) is 4.05. The first kappa shape index (κ1) is 25.9. The molecule has 10 aromatic rings. The fraction of sp³-hybridized carbons (Fsp3) is 0. The van der Waals surface area contributed by atoms with Crippen molar-refractivity contribution in [3.63, 3.8) is 0 Å². The Morgan fingerprint density at radius 1 is 0.447 bits per heavy atom. The van der Waals surface area contributed by atoms with Crippen molar-refractivity contribution in [1.82, 2.24) is 15.0 Å². The molecule has 0 spiro atoms. The van der Waals surface area contributed by atoms with Crippen LogP contribution in [0.25, 0.3) is 99.1 Å². The number of fused-ring (bicyclic) bond motifs is 10. The number of furan rings is 1. The van der Waals surface area contributed by atoms with Crippen molar-refractivity contribution in [2.45, 2.75) is 0 Å². The van der Waals surface area contributed by atoms with Gasteiger partial charge in [0, 0.05) is 55.0 Å². The fourth-order valence-corrected chi connectivity index (χ4v) is 7.00. The van der Waals surface area contributed by atoms with E-state index in [1.807, 2.05) is 30.5 Å². The summed E-state index contributed by atoms with van der Waals surface area (Å²) in [5.74, 6) is 0. The van der Waals surface area contributed by atoms with Crippen LogP contribution in [0.3, 0.4) is 0 Å². The number of pyridine rings is 3. The molecule has 0 unspecified atom stereocenters. The normalized spacial score (nSPS) is 11.8. The average Bonchev–Trinajstić information content (AvgIpc) is 3.53. The third-order valence-electron chi connectivity index (χ3n) is 9.29. The minimum atomic E-state index is 0.895. The molecule has 0 saturated heterocycles. The van der Waals surface area contributed by atoms with E-state index in [1.54, 1.807) is 0 Å². The molecule has 0 fully saturated rings. The van der Waals surface area contributed by atoms with E-state index in [1.165, 1.54) is 0 Å². The van der Waals surface area contributed by atoms with E-state index < -0.39 is 0 Å². The second kappa shape index (κ2) is 10.1. The standard InChI is InChI=1S/C43H25N3O/c1-3-12-37-34(11-1)39-35(22-21-33-32-10-2-4-13-38(32)47-43(33)39)40(46-37)31-8-5-7-30(25-31)26-14-16-27(17-15-26)36-23-20-29-19-18-28-9-6-24-44-41(28)42(29)45-36/h1-25H. The monoisotopic (exact) mass is 599 g/mol.